The number of rotatable bonds is 2. The van der Waals surface area contributed by atoms with E-state index in [1.165, 1.54) is 0 Å². The van der Waals surface area contributed by atoms with Crippen molar-refractivity contribution < 1.29 is 9.90 Å². The maximum atomic E-state index is 12.7. The molecule has 20 heavy (non-hydrogen) atoms. The van der Waals surface area contributed by atoms with Gasteiger partial charge in [0.25, 0.3) is 0 Å². The molecule has 2 aliphatic heterocycles. The van der Waals surface area contributed by atoms with Crippen LogP contribution in [0.3, 0.4) is 0 Å². The van der Waals surface area contributed by atoms with E-state index < -0.39 is 5.72 Å². The minimum Gasteiger partial charge on any atom is -0.371 e. The van der Waals surface area contributed by atoms with Crippen molar-refractivity contribution in [3.63, 3.8) is 0 Å². The van der Waals surface area contributed by atoms with E-state index in [1.807, 2.05) is 42.2 Å². The number of nitrogens with one attached hydrogen (secondary N) is 1. The molecule has 0 aliphatic carbocycles. The van der Waals surface area contributed by atoms with Gasteiger partial charge in [-0.05, 0) is 26.2 Å². The number of hydrogen-bond donors (Lipinski definition) is 2. The third kappa shape index (κ3) is 2.20. The van der Waals surface area contributed by atoms with Crippen molar-refractivity contribution >= 4 is 5.78 Å². The van der Waals surface area contributed by atoms with Gasteiger partial charge in [-0.15, -0.1) is 0 Å². The van der Waals surface area contributed by atoms with Crippen molar-refractivity contribution in [1.29, 1.82) is 0 Å². The van der Waals surface area contributed by atoms with Gasteiger partial charge in [-0.25, -0.2) is 0 Å². The predicted octanol–water partition coefficient (Wildman–Crippen LogP) is 1.88. The molecule has 0 amide bonds. The van der Waals surface area contributed by atoms with Gasteiger partial charge in [0, 0.05) is 24.2 Å². The van der Waals surface area contributed by atoms with E-state index in [2.05, 4.69) is 5.32 Å². The summed E-state index contributed by atoms with van der Waals surface area (Å²) in [5.41, 5.74) is 0.648. The third-order valence-electron chi connectivity index (χ3n) is 4.15. The lowest BCUT2D eigenvalue weighted by molar-refractivity contribution is -0.0964. The summed E-state index contributed by atoms with van der Waals surface area (Å²) in [6.45, 7) is 3.47. The topological polar surface area (TPSA) is 52.6 Å². The number of allylic oxidation sites excluding steroid dienone is 1. The molecule has 0 radical (unpaired) electrons. The van der Waals surface area contributed by atoms with Crippen LogP contribution in [-0.2, 0) is 0 Å². The smallest absolute Gasteiger partial charge is 0.192 e. The Kier molecular flexibility index (Phi) is 3.26. The minimum atomic E-state index is -0.858. The van der Waals surface area contributed by atoms with E-state index in [0.29, 0.717) is 18.4 Å². The molecule has 3 rings (SSSR count). The molecule has 0 saturated carbocycles. The van der Waals surface area contributed by atoms with Crippen LogP contribution in [0, 0.1) is 0 Å². The first-order valence-electron chi connectivity index (χ1n) is 7.16. The number of ketones is 1. The van der Waals surface area contributed by atoms with Crippen molar-refractivity contribution in [3.8, 4) is 0 Å². The second kappa shape index (κ2) is 4.94. The average molecular weight is 272 g/mol. The van der Waals surface area contributed by atoms with Crippen molar-refractivity contribution in [3.05, 3.63) is 47.3 Å². The molecule has 0 spiro atoms. The van der Waals surface area contributed by atoms with Crippen LogP contribution in [0.5, 0.6) is 0 Å². The molecular formula is C16H20N2O2. The quantitative estimate of drug-likeness (QED) is 0.807. The van der Waals surface area contributed by atoms with E-state index in [0.717, 1.165) is 30.9 Å². The maximum absolute atomic E-state index is 12.7. The van der Waals surface area contributed by atoms with Crippen LogP contribution in [0.25, 0.3) is 0 Å². The molecule has 0 bridgehead atoms. The van der Waals surface area contributed by atoms with Crippen LogP contribution in [0.15, 0.2) is 41.7 Å². The Morgan fingerprint density at radius 2 is 2.10 bits per heavy atom. The summed E-state index contributed by atoms with van der Waals surface area (Å²) in [5, 5.41) is 13.8. The molecule has 1 saturated heterocycles. The Morgan fingerprint density at radius 1 is 1.35 bits per heavy atom. The largest absolute Gasteiger partial charge is 0.371 e. The number of carbonyl (C=O) groups is 1. The van der Waals surface area contributed by atoms with E-state index >= 15 is 0 Å². The molecule has 0 aromatic heterocycles. The summed E-state index contributed by atoms with van der Waals surface area (Å²) in [4.78, 5) is 14.6. The van der Waals surface area contributed by atoms with E-state index in [9.17, 15) is 9.90 Å². The second-order valence-electron chi connectivity index (χ2n) is 5.67. The number of Topliss-reactive ketones (excluding diaryl/α,β-unsaturated/α-hetero) is 1. The minimum absolute atomic E-state index is 0.0653. The molecular weight excluding hydrogens is 252 g/mol. The summed E-state index contributed by atoms with van der Waals surface area (Å²) in [6.07, 6.45) is 2.18. The maximum Gasteiger partial charge on any atom is 0.192 e. The van der Waals surface area contributed by atoms with Crippen LogP contribution >= 0.6 is 0 Å². The first-order chi connectivity index (χ1) is 9.59. The first-order valence-corrected chi connectivity index (χ1v) is 7.16. The van der Waals surface area contributed by atoms with E-state index in [4.69, 9.17) is 0 Å². The Labute approximate surface area is 119 Å². The van der Waals surface area contributed by atoms with Gasteiger partial charge in [-0.3, -0.25) is 4.79 Å². The Balaban J connectivity index is 1.99. The van der Waals surface area contributed by atoms with Gasteiger partial charge in [-0.1, -0.05) is 30.3 Å². The highest BCUT2D eigenvalue weighted by Gasteiger charge is 2.39. The van der Waals surface area contributed by atoms with Crippen molar-refractivity contribution in [2.24, 2.45) is 0 Å². The molecule has 1 unspecified atom stereocenters. The zero-order valence-electron chi connectivity index (χ0n) is 11.7. The SMILES string of the molecule is CC1(O)CCC(C(=O)c2ccccc2)=C2NCCCN21. The van der Waals surface area contributed by atoms with Gasteiger partial charge in [-0.2, -0.15) is 0 Å². The van der Waals surface area contributed by atoms with Gasteiger partial charge in [0.2, 0.25) is 0 Å². The monoisotopic (exact) mass is 272 g/mol. The second-order valence-corrected chi connectivity index (χ2v) is 5.67. The van der Waals surface area contributed by atoms with Crippen LogP contribution in [0.2, 0.25) is 0 Å². The summed E-state index contributed by atoms with van der Waals surface area (Å²) in [6, 6.07) is 9.35. The fourth-order valence-electron chi connectivity index (χ4n) is 3.00. The first kappa shape index (κ1) is 13.2. The van der Waals surface area contributed by atoms with Crippen LogP contribution in [-0.4, -0.2) is 34.6 Å². The Hall–Kier alpha value is -1.81. The third-order valence-corrected chi connectivity index (χ3v) is 4.15. The fourth-order valence-corrected chi connectivity index (χ4v) is 3.00. The summed E-state index contributed by atoms with van der Waals surface area (Å²) in [5.74, 6) is 0.886. The van der Waals surface area contributed by atoms with E-state index in [1.54, 1.807) is 0 Å². The number of aliphatic hydroxyl groups is 1. The average Bonchev–Trinajstić information content (AvgIpc) is 2.48. The van der Waals surface area contributed by atoms with Crippen LogP contribution in [0.1, 0.15) is 36.5 Å². The fraction of sp³-hybridized carbons (Fsp3) is 0.438. The summed E-state index contributed by atoms with van der Waals surface area (Å²) >= 11 is 0. The number of nitrogens with zero attached hydrogens (tertiary/aromatic N) is 1. The standard InChI is InChI=1S/C16H20N2O2/c1-16(20)9-8-13(15-17-10-5-11-18(15)16)14(19)12-6-3-2-4-7-12/h2-4,6-7,17,20H,5,8-11H2,1H3. The lowest BCUT2D eigenvalue weighted by atomic mass is 9.90. The zero-order valence-corrected chi connectivity index (χ0v) is 11.7. The molecule has 4 heteroatoms. The van der Waals surface area contributed by atoms with Crippen LogP contribution in [0.4, 0.5) is 0 Å². The van der Waals surface area contributed by atoms with Gasteiger partial charge in [0.15, 0.2) is 5.78 Å². The number of hydrogen-bond acceptors (Lipinski definition) is 4. The normalized spacial score (nSPS) is 26.0. The molecule has 1 aromatic carbocycles. The van der Waals surface area contributed by atoms with E-state index in [-0.39, 0.29) is 5.78 Å². The lowest BCUT2D eigenvalue weighted by Crippen LogP contribution is -2.55. The summed E-state index contributed by atoms with van der Waals surface area (Å²) in [7, 11) is 0. The highest BCUT2D eigenvalue weighted by Crippen LogP contribution is 2.34. The molecule has 2 aliphatic rings. The molecule has 4 nitrogen and oxygen atoms in total. The lowest BCUT2D eigenvalue weighted by Gasteiger charge is -2.47. The van der Waals surface area contributed by atoms with Crippen LogP contribution < -0.4 is 5.32 Å². The molecule has 1 fully saturated rings. The van der Waals surface area contributed by atoms with Gasteiger partial charge in [0.05, 0.1) is 0 Å². The highest BCUT2D eigenvalue weighted by molar-refractivity contribution is 6.09. The Bertz CT molecular complexity index is 549. The molecule has 1 aromatic rings. The van der Waals surface area contributed by atoms with Crippen molar-refractivity contribution in [2.75, 3.05) is 13.1 Å². The highest BCUT2D eigenvalue weighted by atomic mass is 16.3. The molecule has 2 heterocycles. The summed E-state index contributed by atoms with van der Waals surface area (Å²) < 4.78 is 0. The predicted molar refractivity (Wildman–Crippen MR) is 77.0 cm³/mol. The van der Waals surface area contributed by atoms with Crippen molar-refractivity contribution in [1.82, 2.24) is 10.2 Å². The molecule has 1 atom stereocenters. The van der Waals surface area contributed by atoms with Crippen molar-refractivity contribution in [2.45, 2.75) is 31.9 Å². The van der Waals surface area contributed by atoms with Gasteiger partial charge < -0.3 is 15.3 Å². The molecule has 2 N–H and O–H groups in total. The number of benzene rings is 1. The number of carbonyl (C=O) groups excluding carboxylic acids is 1. The zero-order chi connectivity index (χ0) is 14.2. The number of fused-ring (bicyclic) bond motifs is 1. The molecule has 106 valence electrons. The Morgan fingerprint density at radius 3 is 2.85 bits per heavy atom. The van der Waals surface area contributed by atoms with Gasteiger partial charge >= 0.3 is 0 Å². The van der Waals surface area contributed by atoms with Gasteiger partial charge in [0.1, 0.15) is 11.5 Å².